The summed E-state index contributed by atoms with van der Waals surface area (Å²) in [6, 6.07) is 17.3. The molecule has 33 heavy (non-hydrogen) atoms. The third-order valence-electron chi connectivity index (χ3n) is 5.43. The summed E-state index contributed by atoms with van der Waals surface area (Å²) in [4.78, 5) is 25.9. The van der Waals surface area contributed by atoms with Crippen LogP contribution in [0.1, 0.15) is 15.9 Å². The van der Waals surface area contributed by atoms with Crippen molar-refractivity contribution in [3.05, 3.63) is 87.4 Å². The SMILES string of the molecule is O=C(O)c1cc(Cl)ccc1-c1ccc2c(c1)CCN2S(=O)c1ccc(-c2noc(=O)[nH]2)cc1. The van der Waals surface area contributed by atoms with E-state index in [1.165, 1.54) is 6.07 Å². The lowest BCUT2D eigenvalue weighted by molar-refractivity contribution is 0.0697. The zero-order valence-electron chi connectivity index (χ0n) is 16.9. The van der Waals surface area contributed by atoms with Gasteiger partial charge in [-0.15, -0.1) is 0 Å². The number of halogens is 1. The number of nitrogens with one attached hydrogen (secondary N) is 1. The van der Waals surface area contributed by atoms with Crippen molar-refractivity contribution in [1.82, 2.24) is 10.1 Å². The van der Waals surface area contributed by atoms with Gasteiger partial charge in [0.25, 0.3) is 0 Å². The number of anilines is 1. The number of aromatic nitrogens is 2. The lowest BCUT2D eigenvalue weighted by atomic mass is 9.97. The van der Waals surface area contributed by atoms with Crippen LogP contribution in [0.25, 0.3) is 22.5 Å². The second-order valence-corrected chi connectivity index (χ2v) is 9.25. The van der Waals surface area contributed by atoms with Gasteiger partial charge in [0.15, 0.2) is 16.8 Å². The fourth-order valence-electron chi connectivity index (χ4n) is 3.87. The fourth-order valence-corrected chi connectivity index (χ4v) is 5.28. The Hall–Kier alpha value is -3.69. The van der Waals surface area contributed by atoms with E-state index in [1.54, 1.807) is 36.4 Å². The second kappa shape index (κ2) is 8.34. The lowest BCUT2D eigenvalue weighted by Crippen LogP contribution is -2.23. The molecule has 8 nitrogen and oxygen atoms in total. The molecule has 0 fully saturated rings. The highest BCUT2D eigenvalue weighted by molar-refractivity contribution is 7.86. The Morgan fingerprint density at radius 3 is 2.55 bits per heavy atom. The van der Waals surface area contributed by atoms with Crippen molar-refractivity contribution in [1.29, 1.82) is 0 Å². The molecule has 0 saturated carbocycles. The summed E-state index contributed by atoms with van der Waals surface area (Å²) in [6.07, 6.45) is 0.684. The van der Waals surface area contributed by atoms with E-state index in [0.29, 0.717) is 39.8 Å². The van der Waals surface area contributed by atoms with Crippen molar-refractivity contribution in [2.24, 2.45) is 0 Å². The van der Waals surface area contributed by atoms with Gasteiger partial charge in [0.05, 0.1) is 16.1 Å². The number of carbonyl (C=O) groups is 1. The number of H-pyrrole nitrogens is 1. The quantitative estimate of drug-likeness (QED) is 0.442. The van der Waals surface area contributed by atoms with Gasteiger partial charge in [0, 0.05) is 17.1 Å². The first-order valence-electron chi connectivity index (χ1n) is 9.93. The number of hydrogen-bond acceptors (Lipinski definition) is 5. The van der Waals surface area contributed by atoms with Crippen molar-refractivity contribution in [2.75, 3.05) is 10.8 Å². The number of carboxylic acids is 1. The summed E-state index contributed by atoms with van der Waals surface area (Å²) < 4.78 is 19.6. The van der Waals surface area contributed by atoms with Crippen LogP contribution in [0.4, 0.5) is 5.69 Å². The van der Waals surface area contributed by atoms with Crippen LogP contribution >= 0.6 is 11.6 Å². The standard InChI is InChI=1S/C23H16ClN3O5S/c24-16-4-7-18(19(12-16)22(28)29)14-3-8-20-15(11-14)9-10-27(20)33(31)17-5-1-13(2-6-17)21-25-23(30)32-26-21/h1-8,11-12H,9-10H2,(H,28,29)(H,25,26,30). The van der Waals surface area contributed by atoms with Crippen molar-refractivity contribution >= 4 is 34.2 Å². The Bertz CT molecular complexity index is 1460. The third-order valence-corrected chi connectivity index (χ3v) is 7.12. The average Bonchev–Trinajstić information content (AvgIpc) is 3.44. The van der Waals surface area contributed by atoms with Crippen LogP contribution in [0.3, 0.4) is 0 Å². The summed E-state index contributed by atoms with van der Waals surface area (Å²) in [5, 5.41) is 13.6. The van der Waals surface area contributed by atoms with E-state index in [0.717, 1.165) is 16.8 Å². The number of hydrogen-bond donors (Lipinski definition) is 2. The minimum Gasteiger partial charge on any atom is -0.478 e. The molecule has 4 aromatic rings. The molecule has 0 amide bonds. The van der Waals surface area contributed by atoms with E-state index in [-0.39, 0.29) is 5.56 Å². The fraction of sp³-hybridized carbons (Fsp3) is 0.0870. The van der Waals surface area contributed by atoms with Gasteiger partial charge in [0.2, 0.25) is 0 Å². The van der Waals surface area contributed by atoms with E-state index >= 15 is 0 Å². The van der Waals surface area contributed by atoms with Gasteiger partial charge < -0.3 is 5.11 Å². The molecule has 2 N–H and O–H groups in total. The second-order valence-electron chi connectivity index (χ2n) is 7.41. The maximum absolute atomic E-state index is 13.3. The Morgan fingerprint density at radius 1 is 1.09 bits per heavy atom. The number of fused-ring (bicyclic) bond motifs is 1. The van der Waals surface area contributed by atoms with E-state index in [4.69, 9.17) is 11.6 Å². The maximum Gasteiger partial charge on any atom is 0.439 e. The van der Waals surface area contributed by atoms with Gasteiger partial charge in [-0.25, -0.2) is 13.8 Å². The summed E-state index contributed by atoms with van der Waals surface area (Å²) in [5.74, 6) is -1.38. The molecule has 0 saturated heterocycles. The molecule has 0 bridgehead atoms. The van der Waals surface area contributed by atoms with E-state index in [2.05, 4.69) is 14.7 Å². The molecule has 1 unspecified atom stereocenters. The third kappa shape index (κ3) is 3.96. The summed E-state index contributed by atoms with van der Waals surface area (Å²) in [6.45, 7) is 0.566. The topological polar surface area (TPSA) is 116 Å². The highest BCUT2D eigenvalue weighted by Gasteiger charge is 2.26. The van der Waals surface area contributed by atoms with Crippen molar-refractivity contribution in [2.45, 2.75) is 11.3 Å². The molecule has 0 radical (unpaired) electrons. The molecular weight excluding hydrogens is 466 g/mol. The number of benzene rings is 3. The number of aromatic carboxylic acids is 1. The van der Waals surface area contributed by atoms with Crippen LogP contribution < -0.4 is 10.1 Å². The van der Waals surface area contributed by atoms with Crippen molar-refractivity contribution in [3.63, 3.8) is 0 Å². The number of nitrogens with zero attached hydrogens (tertiary/aromatic N) is 2. The predicted molar refractivity (Wildman–Crippen MR) is 124 cm³/mol. The zero-order chi connectivity index (χ0) is 23.1. The van der Waals surface area contributed by atoms with Crippen molar-refractivity contribution < 1.29 is 18.6 Å². The Balaban J connectivity index is 1.42. The molecule has 0 aliphatic carbocycles. The van der Waals surface area contributed by atoms with Crippen LogP contribution in [0.5, 0.6) is 0 Å². The molecule has 1 atom stereocenters. The van der Waals surface area contributed by atoms with Crippen LogP contribution in [0.15, 0.2) is 74.9 Å². The van der Waals surface area contributed by atoms with E-state index < -0.39 is 22.7 Å². The minimum absolute atomic E-state index is 0.134. The van der Waals surface area contributed by atoms with Crippen LogP contribution in [-0.2, 0) is 17.4 Å². The lowest BCUT2D eigenvalue weighted by Gasteiger charge is -2.18. The first kappa shape index (κ1) is 21.2. The van der Waals surface area contributed by atoms with Gasteiger partial charge in [-0.05, 0) is 71.6 Å². The minimum atomic E-state index is -1.44. The zero-order valence-corrected chi connectivity index (χ0v) is 18.5. The van der Waals surface area contributed by atoms with E-state index in [1.807, 2.05) is 22.5 Å². The summed E-state index contributed by atoms with van der Waals surface area (Å²) in [5.41, 5.74) is 3.95. The summed E-state index contributed by atoms with van der Waals surface area (Å²) >= 11 is 5.97. The van der Waals surface area contributed by atoms with Crippen molar-refractivity contribution in [3.8, 4) is 22.5 Å². The molecular formula is C23H16ClN3O5S. The largest absolute Gasteiger partial charge is 0.478 e. The molecule has 1 aromatic heterocycles. The Kier molecular flexibility index (Phi) is 5.35. The van der Waals surface area contributed by atoms with Gasteiger partial charge in [0.1, 0.15) is 0 Å². The smallest absolute Gasteiger partial charge is 0.439 e. The van der Waals surface area contributed by atoms with Crippen LogP contribution in [0, 0.1) is 0 Å². The van der Waals surface area contributed by atoms with Gasteiger partial charge in [-0.1, -0.05) is 28.9 Å². The molecule has 3 aromatic carbocycles. The molecule has 1 aliphatic rings. The normalized spacial score (nSPS) is 13.7. The van der Waals surface area contributed by atoms with Gasteiger partial charge >= 0.3 is 11.7 Å². The molecule has 5 rings (SSSR count). The molecule has 0 spiro atoms. The molecule has 1 aliphatic heterocycles. The Morgan fingerprint density at radius 2 is 1.85 bits per heavy atom. The summed E-state index contributed by atoms with van der Waals surface area (Å²) in [7, 11) is -1.44. The molecule has 2 heterocycles. The van der Waals surface area contributed by atoms with Gasteiger partial charge in [-0.2, -0.15) is 0 Å². The van der Waals surface area contributed by atoms with Crippen LogP contribution in [-0.4, -0.2) is 32.0 Å². The first-order chi connectivity index (χ1) is 15.9. The number of carboxylic acid groups (broad SMARTS) is 1. The molecule has 10 heteroatoms. The Labute approximate surface area is 195 Å². The number of rotatable bonds is 5. The predicted octanol–water partition coefficient (Wildman–Crippen LogP) is 4.13. The van der Waals surface area contributed by atoms with Crippen LogP contribution in [0.2, 0.25) is 5.02 Å². The number of aromatic amines is 1. The van der Waals surface area contributed by atoms with E-state index in [9.17, 15) is 18.9 Å². The molecule has 166 valence electrons. The van der Waals surface area contributed by atoms with Gasteiger partial charge in [-0.3, -0.25) is 13.8 Å². The maximum atomic E-state index is 13.3. The average molecular weight is 482 g/mol. The highest BCUT2D eigenvalue weighted by Crippen LogP contribution is 2.36. The first-order valence-corrected chi connectivity index (χ1v) is 11.4. The monoisotopic (exact) mass is 481 g/mol. The highest BCUT2D eigenvalue weighted by atomic mass is 35.5.